The van der Waals surface area contributed by atoms with Gasteiger partial charge in [-0.2, -0.15) is 0 Å². The quantitative estimate of drug-likeness (QED) is 0.485. The molecule has 2 rings (SSSR count). The first kappa shape index (κ1) is 14.5. The van der Waals surface area contributed by atoms with Crippen molar-refractivity contribution in [3.05, 3.63) is 31.9 Å². The minimum absolute atomic E-state index is 0.131. The molecule has 1 aliphatic heterocycles. The van der Waals surface area contributed by atoms with E-state index in [1.165, 1.54) is 0 Å². The smallest absolute Gasteiger partial charge is 0.293 e. The third-order valence-corrected chi connectivity index (χ3v) is 3.87. The minimum Gasteiger partial charge on any atom is -0.378 e. The molecule has 0 amide bonds. The Labute approximate surface area is 126 Å². The SMILES string of the molecule is CC(CC1CCCO1)Nc1ccc(I)cc1[N+](=O)[O-]. The lowest BCUT2D eigenvalue weighted by atomic mass is 10.1. The van der Waals surface area contributed by atoms with Crippen molar-refractivity contribution in [2.75, 3.05) is 11.9 Å². The second-order valence-corrected chi connectivity index (χ2v) is 6.08. The molecule has 6 heteroatoms. The molecule has 1 heterocycles. The average molecular weight is 376 g/mol. The molecule has 0 radical (unpaired) electrons. The Kier molecular flexibility index (Phi) is 4.98. The van der Waals surface area contributed by atoms with Crippen LogP contribution in [0.2, 0.25) is 0 Å². The number of nitrogens with one attached hydrogen (secondary N) is 1. The topological polar surface area (TPSA) is 64.4 Å². The van der Waals surface area contributed by atoms with E-state index >= 15 is 0 Å². The number of nitro groups is 1. The molecule has 0 aliphatic carbocycles. The molecule has 104 valence electrons. The largest absolute Gasteiger partial charge is 0.378 e. The molecule has 2 atom stereocenters. The predicted octanol–water partition coefficient (Wildman–Crippen LogP) is 3.57. The van der Waals surface area contributed by atoms with Crippen molar-refractivity contribution >= 4 is 34.0 Å². The molecule has 5 nitrogen and oxygen atoms in total. The summed E-state index contributed by atoms with van der Waals surface area (Å²) in [4.78, 5) is 10.7. The summed E-state index contributed by atoms with van der Waals surface area (Å²) in [7, 11) is 0. The molecule has 1 saturated heterocycles. The third-order valence-electron chi connectivity index (χ3n) is 3.20. The van der Waals surface area contributed by atoms with Crippen molar-refractivity contribution in [1.29, 1.82) is 0 Å². The monoisotopic (exact) mass is 376 g/mol. The van der Waals surface area contributed by atoms with Crippen molar-refractivity contribution in [2.45, 2.75) is 38.3 Å². The van der Waals surface area contributed by atoms with Gasteiger partial charge in [0.15, 0.2) is 0 Å². The van der Waals surface area contributed by atoms with Crippen LogP contribution in [0, 0.1) is 13.7 Å². The van der Waals surface area contributed by atoms with Crippen LogP contribution >= 0.6 is 22.6 Å². The van der Waals surface area contributed by atoms with Gasteiger partial charge in [0.25, 0.3) is 5.69 Å². The van der Waals surface area contributed by atoms with Crippen LogP contribution in [0.5, 0.6) is 0 Å². The summed E-state index contributed by atoms with van der Waals surface area (Å²) < 4.78 is 6.45. The van der Waals surface area contributed by atoms with Gasteiger partial charge in [-0.1, -0.05) is 0 Å². The van der Waals surface area contributed by atoms with Crippen LogP contribution in [0.25, 0.3) is 0 Å². The van der Waals surface area contributed by atoms with E-state index < -0.39 is 0 Å². The van der Waals surface area contributed by atoms with E-state index in [4.69, 9.17) is 4.74 Å². The predicted molar refractivity (Wildman–Crippen MR) is 82.5 cm³/mol. The number of nitro benzene ring substituents is 1. The molecule has 0 bridgehead atoms. The maximum absolute atomic E-state index is 11.0. The van der Waals surface area contributed by atoms with Gasteiger partial charge in [-0.15, -0.1) is 0 Å². The fraction of sp³-hybridized carbons (Fsp3) is 0.538. The summed E-state index contributed by atoms with van der Waals surface area (Å²) in [5.41, 5.74) is 0.710. The summed E-state index contributed by atoms with van der Waals surface area (Å²) in [5, 5.41) is 14.3. The van der Waals surface area contributed by atoms with E-state index in [9.17, 15) is 10.1 Å². The molecule has 0 saturated carbocycles. The van der Waals surface area contributed by atoms with Crippen LogP contribution < -0.4 is 5.32 Å². The molecule has 2 unspecified atom stereocenters. The zero-order valence-corrected chi connectivity index (χ0v) is 12.9. The molecule has 1 aromatic carbocycles. The minimum atomic E-state index is -0.344. The van der Waals surface area contributed by atoms with Gasteiger partial charge in [-0.3, -0.25) is 10.1 Å². The Morgan fingerprint density at radius 3 is 3.05 bits per heavy atom. The van der Waals surface area contributed by atoms with Gasteiger partial charge in [0.1, 0.15) is 5.69 Å². The van der Waals surface area contributed by atoms with E-state index in [1.54, 1.807) is 12.1 Å². The van der Waals surface area contributed by atoms with Crippen LogP contribution in [0.3, 0.4) is 0 Å². The maximum atomic E-state index is 11.0. The van der Waals surface area contributed by atoms with Gasteiger partial charge in [0.05, 0.1) is 11.0 Å². The molecule has 0 spiro atoms. The average Bonchev–Trinajstić information content (AvgIpc) is 2.83. The Balaban J connectivity index is 2.03. The number of hydrogen-bond acceptors (Lipinski definition) is 4. The molecular formula is C13H17IN2O3. The molecular weight excluding hydrogens is 359 g/mol. The van der Waals surface area contributed by atoms with Crippen molar-refractivity contribution in [3.63, 3.8) is 0 Å². The number of halogens is 1. The van der Waals surface area contributed by atoms with Gasteiger partial charge in [0, 0.05) is 22.3 Å². The Hall–Kier alpha value is -0.890. The van der Waals surface area contributed by atoms with Crippen LogP contribution in [-0.4, -0.2) is 23.7 Å². The van der Waals surface area contributed by atoms with Crippen molar-refractivity contribution in [1.82, 2.24) is 0 Å². The lowest BCUT2D eigenvalue weighted by Gasteiger charge is -2.18. The molecule has 1 aromatic rings. The standard InChI is InChI=1S/C13H17IN2O3/c1-9(7-11-3-2-6-19-11)15-12-5-4-10(14)8-13(12)16(17)18/h4-5,8-9,11,15H,2-3,6-7H2,1H3. The molecule has 1 aliphatic rings. The number of anilines is 1. The number of nitrogens with zero attached hydrogens (tertiary/aromatic N) is 1. The lowest BCUT2D eigenvalue weighted by Crippen LogP contribution is -2.22. The van der Waals surface area contributed by atoms with Crippen LogP contribution in [0.4, 0.5) is 11.4 Å². The Morgan fingerprint density at radius 1 is 1.63 bits per heavy atom. The number of hydrogen-bond donors (Lipinski definition) is 1. The Morgan fingerprint density at radius 2 is 2.42 bits per heavy atom. The number of benzene rings is 1. The summed E-state index contributed by atoms with van der Waals surface area (Å²) in [5.74, 6) is 0. The summed E-state index contributed by atoms with van der Waals surface area (Å²) >= 11 is 2.08. The fourth-order valence-electron chi connectivity index (χ4n) is 2.33. The second kappa shape index (κ2) is 6.51. The zero-order valence-electron chi connectivity index (χ0n) is 10.8. The van der Waals surface area contributed by atoms with Gasteiger partial charge in [-0.25, -0.2) is 0 Å². The highest BCUT2D eigenvalue weighted by atomic mass is 127. The number of ether oxygens (including phenoxy) is 1. The van der Waals surface area contributed by atoms with Crippen LogP contribution in [-0.2, 0) is 4.74 Å². The molecule has 19 heavy (non-hydrogen) atoms. The molecule has 1 fully saturated rings. The zero-order chi connectivity index (χ0) is 13.8. The highest BCUT2D eigenvalue weighted by Crippen LogP contribution is 2.28. The van der Waals surface area contributed by atoms with Crippen LogP contribution in [0.1, 0.15) is 26.2 Å². The van der Waals surface area contributed by atoms with Gasteiger partial charge in [-0.05, 0) is 60.9 Å². The highest BCUT2D eigenvalue weighted by molar-refractivity contribution is 14.1. The normalized spacial score (nSPS) is 20.2. The van der Waals surface area contributed by atoms with E-state index in [2.05, 4.69) is 27.9 Å². The van der Waals surface area contributed by atoms with E-state index in [-0.39, 0.29) is 22.8 Å². The van der Waals surface area contributed by atoms with Gasteiger partial charge in [0.2, 0.25) is 0 Å². The summed E-state index contributed by atoms with van der Waals surface area (Å²) in [6.45, 7) is 2.87. The van der Waals surface area contributed by atoms with Gasteiger partial charge >= 0.3 is 0 Å². The van der Waals surface area contributed by atoms with E-state index in [0.29, 0.717) is 5.69 Å². The molecule has 1 N–H and O–H groups in total. The second-order valence-electron chi connectivity index (χ2n) is 4.83. The van der Waals surface area contributed by atoms with E-state index in [0.717, 1.165) is 29.4 Å². The first-order valence-electron chi connectivity index (χ1n) is 6.38. The highest BCUT2D eigenvalue weighted by Gasteiger charge is 2.20. The number of rotatable bonds is 5. The van der Waals surface area contributed by atoms with Gasteiger partial charge < -0.3 is 10.1 Å². The first-order valence-corrected chi connectivity index (χ1v) is 7.46. The summed E-state index contributed by atoms with van der Waals surface area (Å²) in [6.07, 6.45) is 3.36. The lowest BCUT2D eigenvalue weighted by molar-refractivity contribution is -0.384. The van der Waals surface area contributed by atoms with Crippen molar-refractivity contribution in [2.24, 2.45) is 0 Å². The summed E-state index contributed by atoms with van der Waals surface area (Å²) in [6, 6.07) is 5.38. The molecule has 0 aromatic heterocycles. The van der Waals surface area contributed by atoms with Crippen molar-refractivity contribution in [3.8, 4) is 0 Å². The van der Waals surface area contributed by atoms with Crippen LogP contribution in [0.15, 0.2) is 18.2 Å². The third kappa shape index (κ3) is 4.04. The Bertz CT molecular complexity index is 461. The fourth-order valence-corrected chi connectivity index (χ4v) is 2.80. The van der Waals surface area contributed by atoms with E-state index in [1.807, 2.05) is 13.0 Å². The first-order chi connectivity index (χ1) is 9.06. The maximum Gasteiger partial charge on any atom is 0.293 e. The van der Waals surface area contributed by atoms with Crippen molar-refractivity contribution < 1.29 is 9.66 Å².